The summed E-state index contributed by atoms with van der Waals surface area (Å²) in [6, 6.07) is 19.0. The van der Waals surface area contributed by atoms with Gasteiger partial charge in [-0.1, -0.05) is 48.0 Å². The number of aromatic nitrogens is 3. The van der Waals surface area contributed by atoms with Crippen LogP contribution in [0.2, 0.25) is 5.02 Å². The predicted octanol–water partition coefficient (Wildman–Crippen LogP) is 3.67. The van der Waals surface area contributed by atoms with Gasteiger partial charge >= 0.3 is 0 Å². The lowest BCUT2D eigenvalue weighted by molar-refractivity contribution is 0.0935. The molecule has 0 fully saturated rings. The Morgan fingerprint density at radius 3 is 2.42 bits per heavy atom. The van der Waals surface area contributed by atoms with E-state index in [1.165, 1.54) is 0 Å². The maximum absolute atomic E-state index is 13.2. The minimum atomic E-state index is -0.559. The van der Waals surface area contributed by atoms with Gasteiger partial charge in [-0.2, -0.15) is 5.26 Å². The Morgan fingerprint density at radius 2 is 1.72 bits per heavy atom. The molecule has 0 spiro atoms. The first-order valence-corrected chi connectivity index (χ1v) is 11.2. The molecule has 1 amide bonds. The van der Waals surface area contributed by atoms with E-state index in [1.54, 1.807) is 37.3 Å². The van der Waals surface area contributed by atoms with E-state index in [2.05, 4.69) is 25.7 Å². The van der Waals surface area contributed by atoms with Crippen LogP contribution in [-0.4, -0.2) is 20.9 Å². The Bertz CT molecular complexity index is 1490. The van der Waals surface area contributed by atoms with Gasteiger partial charge in [0.05, 0.1) is 39.5 Å². The molecule has 2 heterocycles. The first kappa shape index (κ1) is 24.4. The van der Waals surface area contributed by atoms with Crippen molar-refractivity contribution < 1.29 is 4.79 Å². The van der Waals surface area contributed by atoms with Crippen molar-refractivity contribution in [3.8, 4) is 28.6 Å². The molecule has 4 aromatic rings. The molecule has 10 nitrogen and oxygen atoms in total. The maximum atomic E-state index is 13.2. The maximum Gasteiger partial charge on any atom is 0.274 e. The zero-order valence-corrected chi connectivity index (χ0v) is 19.9. The molecule has 1 unspecified atom stereocenters. The summed E-state index contributed by atoms with van der Waals surface area (Å²) in [5, 5.41) is 12.2. The Morgan fingerprint density at radius 1 is 1.00 bits per heavy atom. The monoisotopic (exact) mass is 499 g/mol. The molecule has 0 aliphatic heterocycles. The van der Waals surface area contributed by atoms with E-state index in [-0.39, 0.29) is 27.9 Å². The molecule has 180 valence electrons. The molecular formula is C25H22ClN9O. The lowest BCUT2D eigenvalue weighted by Gasteiger charge is -2.17. The highest BCUT2D eigenvalue weighted by atomic mass is 35.5. The average Bonchev–Trinajstić information content (AvgIpc) is 2.90. The SMILES string of the molecule is CC(NC(=O)c1nc(-c2cc(Cl)c(N)c(NN)c2)c(-c2ccccc2)nc1N)c1cccc(C#N)n1. The summed E-state index contributed by atoms with van der Waals surface area (Å²) in [4.78, 5) is 26.6. The third-order valence-electron chi connectivity index (χ3n) is 5.42. The molecule has 0 saturated heterocycles. The van der Waals surface area contributed by atoms with E-state index in [1.807, 2.05) is 36.4 Å². The number of rotatable bonds is 6. The van der Waals surface area contributed by atoms with E-state index >= 15 is 0 Å². The first-order valence-electron chi connectivity index (χ1n) is 10.8. The lowest BCUT2D eigenvalue weighted by Crippen LogP contribution is -2.29. The highest BCUT2D eigenvalue weighted by molar-refractivity contribution is 6.34. The molecule has 2 aromatic heterocycles. The quantitative estimate of drug-likeness (QED) is 0.150. The van der Waals surface area contributed by atoms with Crippen LogP contribution in [0.3, 0.4) is 0 Å². The highest BCUT2D eigenvalue weighted by Crippen LogP contribution is 2.37. The van der Waals surface area contributed by atoms with Gasteiger partial charge in [0.2, 0.25) is 0 Å². The van der Waals surface area contributed by atoms with Crippen LogP contribution in [-0.2, 0) is 0 Å². The number of nitrogens with one attached hydrogen (secondary N) is 2. The Hall–Kier alpha value is -4.72. The summed E-state index contributed by atoms with van der Waals surface area (Å²) in [5.74, 6) is 5.00. The van der Waals surface area contributed by atoms with Gasteiger partial charge in [0.1, 0.15) is 11.8 Å². The second-order valence-electron chi connectivity index (χ2n) is 7.84. The molecule has 8 N–H and O–H groups in total. The summed E-state index contributed by atoms with van der Waals surface area (Å²) in [7, 11) is 0. The number of nitrogens with two attached hydrogens (primary N) is 3. The fourth-order valence-electron chi connectivity index (χ4n) is 3.58. The molecule has 0 aliphatic rings. The number of nitriles is 1. The smallest absolute Gasteiger partial charge is 0.274 e. The number of pyridine rings is 1. The third-order valence-corrected chi connectivity index (χ3v) is 5.73. The number of hydrazine groups is 1. The molecule has 1 atom stereocenters. The van der Waals surface area contributed by atoms with Crippen molar-refractivity contribution in [2.45, 2.75) is 13.0 Å². The van der Waals surface area contributed by atoms with Crippen LogP contribution in [0, 0.1) is 11.3 Å². The summed E-state index contributed by atoms with van der Waals surface area (Å²) >= 11 is 6.34. The van der Waals surface area contributed by atoms with Gasteiger partial charge in [-0.15, -0.1) is 0 Å². The topological polar surface area (TPSA) is 182 Å². The number of hydrogen-bond acceptors (Lipinski definition) is 9. The van der Waals surface area contributed by atoms with Gasteiger partial charge < -0.3 is 22.2 Å². The number of amides is 1. The van der Waals surface area contributed by atoms with Crippen LogP contribution in [0.25, 0.3) is 22.5 Å². The van der Waals surface area contributed by atoms with Crippen LogP contribution in [0.1, 0.15) is 34.8 Å². The van der Waals surface area contributed by atoms with Crippen LogP contribution >= 0.6 is 11.6 Å². The van der Waals surface area contributed by atoms with Crippen molar-refractivity contribution in [2.24, 2.45) is 5.84 Å². The van der Waals surface area contributed by atoms with E-state index in [0.717, 1.165) is 5.56 Å². The van der Waals surface area contributed by atoms with Gasteiger partial charge in [-0.05, 0) is 31.2 Å². The third kappa shape index (κ3) is 4.88. The molecule has 2 aromatic carbocycles. The molecular weight excluding hydrogens is 478 g/mol. The number of anilines is 3. The van der Waals surface area contributed by atoms with Gasteiger partial charge in [0.25, 0.3) is 5.91 Å². The number of benzene rings is 2. The van der Waals surface area contributed by atoms with Gasteiger partial charge in [0.15, 0.2) is 11.5 Å². The highest BCUT2D eigenvalue weighted by Gasteiger charge is 2.23. The summed E-state index contributed by atoms with van der Waals surface area (Å²) < 4.78 is 0. The fraction of sp³-hybridized carbons (Fsp3) is 0.0800. The Kier molecular flexibility index (Phi) is 6.96. The Balaban J connectivity index is 1.81. The normalized spacial score (nSPS) is 11.4. The largest absolute Gasteiger partial charge is 0.396 e. The van der Waals surface area contributed by atoms with Crippen molar-refractivity contribution in [1.29, 1.82) is 5.26 Å². The van der Waals surface area contributed by atoms with Crippen LogP contribution in [0.15, 0.2) is 60.7 Å². The molecule has 11 heteroatoms. The molecule has 0 saturated carbocycles. The van der Waals surface area contributed by atoms with Gasteiger partial charge in [-0.25, -0.2) is 15.0 Å². The summed E-state index contributed by atoms with van der Waals surface area (Å²) in [6.07, 6.45) is 0. The van der Waals surface area contributed by atoms with Crippen molar-refractivity contribution in [2.75, 3.05) is 16.9 Å². The Labute approximate surface area is 212 Å². The van der Waals surface area contributed by atoms with E-state index < -0.39 is 11.9 Å². The van der Waals surface area contributed by atoms with Crippen LogP contribution in [0.5, 0.6) is 0 Å². The predicted molar refractivity (Wildman–Crippen MR) is 139 cm³/mol. The molecule has 0 aliphatic carbocycles. The van der Waals surface area contributed by atoms with Crippen LogP contribution < -0.4 is 28.1 Å². The van der Waals surface area contributed by atoms with Gasteiger partial charge in [0, 0.05) is 11.1 Å². The molecule has 0 radical (unpaired) electrons. The lowest BCUT2D eigenvalue weighted by atomic mass is 10.0. The summed E-state index contributed by atoms with van der Waals surface area (Å²) in [6.45, 7) is 1.74. The zero-order valence-electron chi connectivity index (χ0n) is 19.2. The zero-order chi connectivity index (χ0) is 25.8. The fourth-order valence-corrected chi connectivity index (χ4v) is 3.80. The second-order valence-corrected chi connectivity index (χ2v) is 8.25. The summed E-state index contributed by atoms with van der Waals surface area (Å²) in [5.41, 5.74) is 18.1. The van der Waals surface area contributed by atoms with E-state index in [9.17, 15) is 4.79 Å². The van der Waals surface area contributed by atoms with E-state index in [0.29, 0.717) is 28.3 Å². The van der Waals surface area contributed by atoms with Crippen molar-refractivity contribution >= 4 is 34.7 Å². The van der Waals surface area contributed by atoms with Gasteiger partial charge in [-0.3, -0.25) is 10.6 Å². The number of halogens is 1. The minimum Gasteiger partial charge on any atom is -0.396 e. The average molecular weight is 500 g/mol. The number of carbonyl (C=O) groups excluding carboxylic acids is 1. The number of nitrogens with zero attached hydrogens (tertiary/aromatic N) is 4. The first-order chi connectivity index (χ1) is 17.3. The minimum absolute atomic E-state index is 0.0558. The van der Waals surface area contributed by atoms with Crippen molar-refractivity contribution in [3.05, 3.63) is 82.8 Å². The molecule has 36 heavy (non-hydrogen) atoms. The van der Waals surface area contributed by atoms with Crippen LogP contribution in [0.4, 0.5) is 17.2 Å². The van der Waals surface area contributed by atoms with Crippen molar-refractivity contribution in [3.63, 3.8) is 0 Å². The standard InChI is InChI=1S/C25H22ClN9O/c1-13(18-9-5-8-16(12-27)32-18)31-25(36)23-24(29)34-21(14-6-3-2-4-7-14)22(33-23)15-10-17(26)20(28)19(11-15)35-30/h2-11,13,35H,28,30H2,1H3,(H2,29,34)(H,31,36). The molecule has 4 rings (SSSR count). The number of hydrogen-bond donors (Lipinski definition) is 5. The molecule has 0 bridgehead atoms. The van der Waals surface area contributed by atoms with Crippen molar-refractivity contribution in [1.82, 2.24) is 20.3 Å². The number of carbonyl (C=O) groups is 1. The second kappa shape index (κ2) is 10.3. The van der Waals surface area contributed by atoms with E-state index in [4.69, 9.17) is 34.2 Å². The number of nitrogen functional groups attached to an aromatic ring is 3.